The summed E-state index contributed by atoms with van der Waals surface area (Å²) < 4.78 is 10.5. The average molecular weight is 309 g/mol. The maximum atomic E-state index is 12.2. The van der Waals surface area contributed by atoms with E-state index in [0.29, 0.717) is 17.3 Å². The Hall–Kier alpha value is -3.15. The summed E-state index contributed by atoms with van der Waals surface area (Å²) in [4.78, 5) is 12.2. The van der Waals surface area contributed by atoms with Crippen LogP contribution in [0, 0.1) is 6.92 Å². The van der Waals surface area contributed by atoms with Crippen molar-refractivity contribution in [2.24, 2.45) is 0 Å². The van der Waals surface area contributed by atoms with Gasteiger partial charge in [-0.1, -0.05) is 23.8 Å². The first kappa shape index (κ1) is 14.8. The molecule has 3 aromatic rings. The Morgan fingerprint density at radius 2 is 1.91 bits per heavy atom. The minimum Gasteiger partial charge on any atom is -0.497 e. The summed E-state index contributed by atoms with van der Waals surface area (Å²) in [7, 11) is 1.56. The Balaban J connectivity index is 1.76. The minimum atomic E-state index is -0.468. The molecule has 116 valence electrons. The molecule has 0 fully saturated rings. The van der Waals surface area contributed by atoms with E-state index >= 15 is 0 Å². The van der Waals surface area contributed by atoms with Crippen LogP contribution in [0.3, 0.4) is 0 Å². The highest BCUT2D eigenvalue weighted by Gasteiger charge is 2.16. The molecule has 1 N–H and O–H groups in total. The molecule has 2 aromatic carbocycles. The van der Waals surface area contributed by atoms with Gasteiger partial charge in [0.1, 0.15) is 5.75 Å². The van der Waals surface area contributed by atoms with Gasteiger partial charge in [0, 0.05) is 17.3 Å². The van der Waals surface area contributed by atoms with Crippen LogP contribution in [-0.4, -0.2) is 23.2 Å². The first-order valence-electron chi connectivity index (χ1n) is 7.01. The Morgan fingerprint density at radius 1 is 1.13 bits per heavy atom. The van der Waals surface area contributed by atoms with Crippen molar-refractivity contribution in [3.05, 3.63) is 60.0 Å². The van der Waals surface area contributed by atoms with Crippen LogP contribution in [0.5, 0.6) is 5.75 Å². The minimum absolute atomic E-state index is 0.0941. The first-order chi connectivity index (χ1) is 11.2. The lowest BCUT2D eigenvalue weighted by atomic mass is 10.1. The highest BCUT2D eigenvalue weighted by molar-refractivity contribution is 6.01. The lowest BCUT2D eigenvalue weighted by molar-refractivity contribution is 0.0991. The van der Waals surface area contributed by atoms with Crippen molar-refractivity contribution >= 4 is 11.6 Å². The highest BCUT2D eigenvalue weighted by Crippen LogP contribution is 2.20. The molecular weight excluding hydrogens is 294 g/mol. The number of aryl methyl sites for hydroxylation is 1. The van der Waals surface area contributed by atoms with E-state index in [9.17, 15) is 4.79 Å². The van der Waals surface area contributed by atoms with Crippen LogP contribution in [0.4, 0.5) is 5.69 Å². The van der Waals surface area contributed by atoms with Crippen LogP contribution < -0.4 is 10.1 Å². The first-order valence-corrected chi connectivity index (χ1v) is 7.01. The molecule has 0 unspecified atom stereocenters. The quantitative estimate of drug-likeness (QED) is 0.800. The van der Waals surface area contributed by atoms with Crippen LogP contribution >= 0.6 is 0 Å². The van der Waals surface area contributed by atoms with Crippen LogP contribution in [0.2, 0.25) is 0 Å². The van der Waals surface area contributed by atoms with E-state index in [0.717, 1.165) is 11.1 Å². The van der Waals surface area contributed by atoms with Gasteiger partial charge in [-0.15, -0.1) is 10.2 Å². The number of nitrogens with zero attached hydrogens (tertiary/aromatic N) is 2. The molecular formula is C17H15N3O3. The number of carbonyl (C=O) groups is 1. The molecule has 6 heteroatoms. The number of rotatable bonds is 4. The molecule has 1 aromatic heterocycles. The Bertz CT molecular complexity index is 825. The Morgan fingerprint density at radius 3 is 2.65 bits per heavy atom. The van der Waals surface area contributed by atoms with Crippen molar-refractivity contribution in [1.82, 2.24) is 10.2 Å². The van der Waals surface area contributed by atoms with Gasteiger partial charge >= 0.3 is 11.8 Å². The second-order valence-corrected chi connectivity index (χ2v) is 4.96. The number of hydrogen-bond acceptors (Lipinski definition) is 5. The fraction of sp³-hybridized carbons (Fsp3) is 0.118. The third kappa shape index (κ3) is 3.37. The number of amides is 1. The predicted molar refractivity (Wildman–Crippen MR) is 85.4 cm³/mol. The summed E-state index contributed by atoms with van der Waals surface area (Å²) in [6, 6.07) is 14.6. The maximum absolute atomic E-state index is 12.2. The second kappa shape index (κ2) is 6.31. The van der Waals surface area contributed by atoms with Crippen LogP contribution in [0.15, 0.2) is 52.9 Å². The number of anilines is 1. The molecule has 1 heterocycles. The van der Waals surface area contributed by atoms with Crippen LogP contribution in [0.25, 0.3) is 11.5 Å². The number of carbonyl (C=O) groups excluding carboxylic acids is 1. The number of methoxy groups -OCH3 is 1. The van der Waals surface area contributed by atoms with E-state index in [1.165, 1.54) is 0 Å². The molecule has 0 bridgehead atoms. The molecule has 0 aliphatic heterocycles. The Labute approximate surface area is 133 Å². The van der Waals surface area contributed by atoms with Crippen LogP contribution in [0.1, 0.15) is 16.2 Å². The molecule has 0 radical (unpaired) electrons. The highest BCUT2D eigenvalue weighted by atomic mass is 16.5. The zero-order valence-electron chi connectivity index (χ0n) is 12.7. The molecule has 3 rings (SSSR count). The van der Waals surface area contributed by atoms with Gasteiger partial charge in [0.15, 0.2) is 0 Å². The number of hydrogen-bond donors (Lipinski definition) is 1. The summed E-state index contributed by atoms with van der Waals surface area (Å²) in [5.41, 5.74) is 2.48. The van der Waals surface area contributed by atoms with Crippen molar-refractivity contribution in [3.8, 4) is 17.2 Å². The summed E-state index contributed by atoms with van der Waals surface area (Å²) in [6.45, 7) is 1.99. The van der Waals surface area contributed by atoms with Gasteiger partial charge in [-0.3, -0.25) is 4.79 Å². The third-order valence-electron chi connectivity index (χ3n) is 3.25. The topological polar surface area (TPSA) is 77.2 Å². The molecule has 1 amide bonds. The normalized spacial score (nSPS) is 10.3. The zero-order valence-corrected chi connectivity index (χ0v) is 12.7. The molecule has 0 spiro atoms. The van der Waals surface area contributed by atoms with E-state index in [1.54, 1.807) is 31.4 Å². The number of ether oxygens (including phenoxy) is 1. The van der Waals surface area contributed by atoms with Crippen molar-refractivity contribution in [3.63, 3.8) is 0 Å². The number of benzene rings is 2. The zero-order chi connectivity index (χ0) is 16.2. The maximum Gasteiger partial charge on any atom is 0.313 e. The van der Waals surface area contributed by atoms with E-state index < -0.39 is 5.91 Å². The molecule has 0 atom stereocenters. The molecule has 0 aliphatic carbocycles. The van der Waals surface area contributed by atoms with Crippen molar-refractivity contribution < 1.29 is 13.9 Å². The van der Waals surface area contributed by atoms with Crippen molar-refractivity contribution in [2.75, 3.05) is 12.4 Å². The fourth-order valence-electron chi connectivity index (χ4n) is 2.01. The molecule has 0 saturated heterocycles. The van der Waals surface area contributed by atoms with Gasteiger partial charge in [-0.05, 0) is 31.2 Å². The van der Waals surface area contributed by atoms with Crippen molar-refractivity contribution in [2.45, 2.75) is 6.92 Å². The largest absolute Gasteiger partial charge is 0.497 e. The molecule has 23 heavy (non-hydrogen) atoms. The van der Waals surface area contributed by atoms with Gasteiger partial charge < -0.3 is 14.5 Å². The van der Waals surface area contributed by atoms with Gasteiger partial charge in [-0.2, -0.15) is 0 Å². The van der Waals surface area contributed by atoms with E-state index in [1.807, 2.05) is 31.2 Å². The summed E-state index contributed by atoms with van der Waals surface area (Å²) >= 11 is 0. The van der Waals surface area contributed by atoms with E-state index in [2.05, 4.69) is 15.5 Å². The monoisotopic (exact) mass is 309 g/mol. The summed E-state index contributed by atoms with van der Waals surface area (Å²) in [5, 5.41) is 10.4. The SMILES string of the molecule is COc1cccc(NC(=O)c2nnc(-c3ccc(C)cc3)o2)c1. The second-order valence-electron chi connectivity index (χ2n) is 4.96. The van der Waals surface area contributed by atoms with Crippen molar-refractivity contribution in [1.29, 1.82) is 0 Å². The van der Waals surface area contributed by atoms with Gasteiger partial charge in [0.2, 0.25) is 5.89 Å². The predicted octanol–water partition coefficient (Wildman–Crippen LogP) is 3.31. The average Bonchev–Trinajstić information content (AvgIpc) is 3.06. The molecule has 0 aliphatic rings. The summed E-state index contributed by atoms with van der Waals surface area (Å²) in [6.07, 6.45) is 0. The van der Waals surface area contributed by atoms with Gasteiger partial charge in [0.25, 0.3) is 0 Å². The number of nitrogens with one attached hydrogen (secondary N) is 1. The smallest absolute Gasteiger partial charge is 0.313 e. The van der Waals surface area contributed by atoms with E-state index in [-0.39, 0.29) is 5.89 Å². The van der Waals surface area contributed by atoms with Gasteiger partial charge in [0.05, 0.1) is 7.11 Å². The third-order valence-corrected chi connectivity index (χ3v) is 3.25. The number of aromatic nitrogens is 2. The summed E-state index contributed by atoms with van der Waals surface area (Å²) in [5.74, 6) is 0.391. The molecule has 0 saturated carbocycles. The fourth-order valence-corrected chi connectivity index (χ4v) is 2.01. The Kier molecular flexibility index (Phi) is 4.05. The van der Waals surface area contributed by atoms with Gasteiger partial charge in [-0.25, -0.2) is 0 Å². The molecule has 6 nitrogen and oxygen atoms in total. The van der Waals surface area contributed by atoms with Crippen LogP contribution in [-0.2, 0) is 0 Å². The standard InChI is InChI=1S/C17H15N3O3/c1-11-6-8-12(9-7-11)16-19-20-17(23-16)15(21)18-13-4-3-5-14(10-13)22-2/h3-10H,1-2H3,(H,18,21). The lowest BCUT2D eigenvalue weighted by Gasteiger charge is -2.04. The van der Waals surface area contributed by atoms with E-state index in [4.69, 9.17) is 9.15 Å². The lowest BCUT2D eigenvalue weighted by Crippen LogP contribution is -2.12.